The van der Waals surface area contributed by atoms with Crippen LogP contribution in [0.2, 0.25) is 0 Å². The Morgan fingerprint density at radius 3 is 2.48 bits per heavy atom. The first kappa shape index (κ1) is 22.4. The van der Waals surface area contributed by atoms with Crippen molar-refractivity contribution in [3.8, 4) is 5.75 Å². The molecule has 0 fully saturated rings. The molecule has 0 saturated heterocycles. The zero-order chi connectivity index (χ0) is 22.4. The minimum absolute atomic E-state index is 0.0762. The number of rotatable bonds is 9. The largest absolute Gasteiger partial charge is 0.485 e. The first-order valence-corrected chi connectivity index (χ1v) is 11.1. The van der Waals surface area contributed by atoms with Crippen LogP contribution in [0.3, 0.4) is 0 Å². The first-order chi connectivity index (χ1) is 14.7. The summed E-state index contributed by atoms with van der Waals surface area (Å²) in [6, 6.07) is 11.8. The lowest BCUT2D eigenvalue weighted by Crippen LogP contribution is -2.35. The molecule has 0 unspecified atom stereocenters. The maximum absolute atomic E-state index is 12.5. The van der Waals surface area contributed by atoms with Gasteiger partial charge in [0.1, 0.15) is 5.75 Å². The van der Waals surface area contributed by atoms with E-state index in [-0.39, 0.29) is 30.5 Å². The molecule has 0 atom stereocenters. The molecule has 1 amide bonds. The minimum Gasteiger partial charge on any atom is -0.485 e. The number of nitrogens with zero attached hydrogens (tertiary/aromatic N) is 2. The summed E-state index contributed by atoms with van der Waals surface area (Å²) in [7, 11) is -3.64. The molecule has 3 rings (SSSR count). The first-order valence-electron chi connectivity index (χ1n) is 9.62. The highest BCUT2D eigenvalue weighted by molar-refractivity contribution is 7.89. The smallest absolute Gasteiger partial charge is 0.251 e. The molecular weight excluding hydrogens is 420 g/mol. The fraction of sp³-hybridized carbons (Fsp3) is 0.286. The van der Waals surface area contributed by atoms with Gasteiger partial charge in [-0.1, -0.05) is 17.3 Å². The van der Waals surface area contributed by atoms with Gasteiger partial charge in [0.2, 0.25) is 21.7 Å². The van der Waals surface area contributed by atoms with Crippen molar-refractivity contribution < 1.29 is 22.5 Å². The predicted molar refractivity (Wildman–Crippen MR) is 113 cm³/mol. The van der Waals surface area contributed by atoms with Crippen molar-refractivity contribution >= 4 is 15.9 Å². The molecule has 0 spiro atoms. The second kappa shape index (κ2) is 9.71. The van der Waals surface area contributed by atoms with Gasteiger partial charge in [0.05, 0.1) is 4.90 Å². The van der Waals surface area contributed by atoms with Crippen LogP contribution in [0.5, 0.6) is 5.75 Å². The molecule has 10 heteroatoms. The Kier molecular flexibility index (Phi) is 7.03. The number of hydrogen-bond donors (Lipinski definition) is 2. The van der Waals surface area contributed by atoms with E-state index in [1.165, 1.54) is 0 Å². The number of ether oxygens (including phenoxy) is 1. The van der Waals surface area contributed by atoms with Crippen molar-refractivity contribution in [2.75, 3.05) is 13.1 Å². The van der Waals surface area contributed by atoms with E-state index in [4.69, 9.17) is 9.26 Å². The topological polar surface area (TPSA) is 123 Å². The Morgan fingerprint density at radius 1 is 1.06 bits per heavy atom. The second-order valence-corrected chi connectivity index (χ2v) is 8.70. The van der Waals surface area contributed by atoms with Gasteiger partial charge in [-0.15, -0.1) is 0 Å². The van der Waals surface area contributed by atoms with Gasteiger partial charge in [0.25, 0.3) is 5.91 Å². The van der Waals surface area contributed by atoms with Crippen molar-refractivity contribution in [2.45, 2.75) is 32.3 Å². The van der Waals surface area contributed by atoms with E-state index >= 15 is 0 Å². The van der Waals surface area contributed by atoms with Crippen LogP contribution in [0.15, 0.2) is 51.9 Å². The summed E-state index contributed by atoms with van der Waals surface area (Å²) >= 11 is 0. The molecule has 0 bridgehead atoms. The zero-order valence-electron chi connectivity index (χ0n) is 17.5. The Morgan fingerprint density at radius 2 is 1.81 bits per heavy atom. The third-order valence-corrected chi connectivity index (χ3v) is 5.99. The molecule has 2 aromatic carbocycles. The lowest BCUT2D eigenvalue weighted by molar-refractivity contribution is 0.0954. The summed E-state index contributed by atoms with van der Waals surface area (Å²) in [6.07, 6.45) is 0. The van der Waals surface area contributed by atoms with Crippen LogP contribution in [0.4, 0.5) is 0 Å². The van der Waals surface area contributed by atoms with Crippen molar-refractivity contribution in [1.29, 1.82) is 0 Å². The predicted octanol–water partition coefficient (Wildman–Crippen LogP) is 2.28. The molecule has 0 aliphatic rings. The van der Waals surface area contributed by atoms with Gasteiger partial charge in [0, 0.05) is 25.6 Å². The molecule has 3 aromatic rings. The standard InChI is InChI=1S/C21H24N4O5S/c1-14-4-5-15(2)19(12-14)31(27,28)23-11-10-22-21(26)17-6-8-18(9-7-17)29-13-20-24-16(3)30-25-20/h4-9,12,23H,10-11,13H2,1-3H3,(H,22,26). The van der Waals surface area contributed by atoms with E-state index in [9.17, 15) is 13.2 Å². The Labute approximate surface area is 180 Å². The third kappa shape index (κ3) is 6.12. The number of hydrogen-bond acceptors (Lipinski definition) is 7. The lowest BCUT2D eigenvalue weighted by Gasteiger charge is -2.11. The van der Waals surface area contributed by atoms with Crippen molar-refractivity contribution in [2.24, 2.45) is 0 Å². The number of carbonyl (C=O) groups is 1. The normalized spacial score (nSPS) is 11.3. The highest BCUT2D eigenvalue weighted by Gasteiger charge is 2.16. The van der Waals surface area contributed by atoms with Crippen molar-refractivity contribution in [3.05, 3.63) is 70.9 Å². The Hall–Kier alpha value is -3.24. The molecule has 164 valence electrons. The molecule has 1 aromatic heterocycles. The van der Waals surface area contributed by atoms with Crippen molar-refractivity contribution in [1.82, 2.24) is 20.2 Å². The average Bonchev–Trinajstić information content (AvgIpc) is 3.16. The number of aryl methyl sites for hydroxylation is 3. The van der Waals surface area contributed by atoms with Crippen LogP contribution in [-0.4, -0.2) is 37.6 Å². The molecule has 0 aliphatic carbocycles. The fourth-order valence-electron chi connectivity index (χ4n) is 2.79. The van der Waals surface area contributed by atoms with Crippen LogP contribution in [-0.2, 0) is 16.6 Å². The van der Waals surface area contributed by atoms with Gasteiger partial charge in [0.15, 0.2) is 6.61 Å². The lowest BCUT2D eigenvalue weighted by atomic mass is 10.2. The molecule has 0 radical (unpaired) electrons. The van der Waals surface area contributed by atoms with E-state index < -0.39 is 10.0 Å². The average molecular weight is 445 g/mol. The van der Waals surface area contributed by atoms with Gasteiger partial charge in [-0.2, -0.15) is 4.98 Å². The fourth-order valence-corrected chi connectivity index (χ4v) is 4.15. The highest BCUT2D eigenvalue weighted by Crippen LogP contribution is 2.16. The van der Waals surface area contributed by atoms with Crippen LogP contribution in [0.25, 0.3) is 0 Å². The minimum atomic E-state index is -3.64. The number of carbonyl (C=O) groups excluding carboxylic acids is 1. The SMILES string of the molecule is Cc1ccc(C)c(S(=O)(=O)NCCNC(=O)c2ccc(OCc3noc(C)n3)cc2)c1. The van der Waals surface area contributed by atoms with Crippen LogP contribution < -0.4 is 14.8 Å². The number of benzene rings is 2. The van der Waals surface area contributed by atoms with Gasteiger partial charge in [-0.3, -0.25) is 4.79 Å². The maximum Gasteiger partial charge on any atom is 0.251 e. The summed E-state index contributed by atoms with van der Waals surface area (Å²) in [5.74, 6) is 1.14. The molecule has 0 aliphatic heterocycles. The quantitative estimate of drug-likeness (QED) is 0.485. The maximum atomic E-state index is 12.5. The Balaban J connectivity index is 1.46. The molecule has 1 heterocycles. The van der Waals surface area contributed by atoms with E-state index in [2.05, 4.69) is 20.2 Å². The molecule has 9 nitrogen and oxygen atoms in total. The Bertz CT molecular complexity index is 1160. The van der Waals surface area contributed by atoms with Gasteiger partial charge >= 0.3 is 0 Å². The summed E-state index contributed by atoms with van der Waals surface area (Å²) in [5.41, 5.74) is 1.96. The zero-order valence-corrected chi connectivity index (χ0v) is 18.3. The second-order valence-electron chi connectivity index (χ2n) is 6.97. The van der Waals surface area contributed by atoms with Crippen LogP contribution in [0.1, 0.15) is 33.2 Å². The molecular formula is C21H24N4O5S. The van der Waals surface area contributed by atoms with Crippen LogP contribution >= 0.6 is 0 Å². The molecule has 31 heavy (non-hydrogen) atoms. The van der Waals surface area contributed by atoms with Crippen LogP contribution in [0, 0.1) is 20.8 Å². The summed E-state index contributed by atoms with van der Waals surface area (Å²) < 4.78 is 37.9. The highest BCUT2D eigenvalue weighted by atomic mass is 32.2. The van der Waals surface area contributed by atoms with Gasteiger partial charge < -0.3 is 14.6 Å². The van der Waals surface area contributed by atoms with Gasteiger partial charge in [-0.05, 0) is 55.3 Å². The van der Waals surface area contributed by atoms with E-state index in [0.717, 1.165) is 5.56 Å². The number of aromatic nitrogens is 2. The van der Waals surface area contributed by atoms with E-state index in [1.54, 1.807) is 50.2 Å². The summed E-state index contributed by atoms with van der Waals surface area (Å²) in [5, 5.41) is 6.43. The third-order valence-electron chi connectivity index (χ3n) is 4.39. The van der Waals surface area contributed by atoms with E-state index in [1.807, 2.05) is 13.0 Å². The monoisotopic (exact) mass is 444 g/mol. The molecule has 0 saturated carbocycles. The molecule has 2 N–H and O–H groups in total. The summed E-state index contributed by atoms with van der Waals surface area (Å²) in [6.45, 7) is 5.65. The van der Waals surface area contributed by atoms with Gasteiger partial charge in [-0.25, -0.2) is 13.1 Å². The summed E-state index contributed by atoms with van der Waals surface area (Å²) in [4.78, 5) is 16.6. The number of amides is 1. The number of nitrogens with one attached hydrogen (secondary N) is 2. The van der Waals surface area contributed by atoms with E-state index in [0.29, 0.717) is 28.6 Å². The van der Waals surface area contributed by atoms with Crippen molar-refractivity contribution in [3.63, 3.8) is 0 Å². The number of sulfonamides is 1.